The first-order valence-electron chi connectivity index (χ1n) is 7.21. The van der Waals surface area contributed by atoms with Gasteiger partial charge in [0, 0.05) is 11.9 Å². The maximum atomic E-state index is 11.5. The number of aliphatic hydroxyl groups excluding tert-OH is 1. The monoisotopic (exact) mass is 286 g/mol. The Morgan fingerprint density at radius 1 is 1.33 bits per heavy atom. The molecule has 2 aromatic rings. The lowest BCUT2D eigenvalue weighted by Gasteiger charge is -2.35. The van der Waals surface area contributed by atoms with Crippen molar-refractivity contribution in [3.8, 4) is 0 Å². The molecule has 1 aromatic heterocycles. The van der Waals surface area contributed by atoms with Gasteiger partial charge in [0.2, 0.25) is 0 Å². The number of piperidine rings is 1. The molecule has 0 saturated carbocycles. The van der Waals surface area contributed by atoms with Crippen LogP contribution in [-0.2, 0) is 0 Å². The quantitative estimate of drug-likeness (QED) is 0.905. The number of para-hydroxylation sites is 1. The molecular formula is C16H18N2O3. The Morgan fingerprint density at radius 2 is 2.14 bits per heavy atom. The molecule has 1 atom stereocenters. The first-order valence-corrected chi connectivity index (χ1v) is 7.21. The first kappa shape index (κ1) is 13.8. The Hall–Kier alpha value is -2.14. The van der Waals surface area contributed by atoms with Crippen LogP contribution in [0.25, 0.3) is 10.9 Å². The van der Waals surface area contributed by atoms with E-state index in [0.29, 0.717) is 16.7 Å². The molecule has 1 aromatic carbocycles. The number of aromatic carboxylic acids is 1. The van der Waals surface area contributed by atoms with E-state index >= 15 is 0 Å². The Bertz CT molecular complexity index is 672. The van der Waals surface area contributed by atoms with Crippen molar-refractivity contribution < 1.29 is 15.0 Å². The van der Waals surface area contributed by atoms with Crippen molar-refractivity contribution in [1.82, 2.24) is 4.98 Å². The fourth-order valence-electron chi connectivity index (χ4n) is 2.98. The van der Waals surface area contributed by atoms with Crippen LogP contribution < -0.4 is 4.90 Å². The molecule has 110 valence electrons. The number of benzene rings is 1. The summed E-state index contributed by atoms with van der Waals surface area (Å²) >= 11 is 0. The molecule has 2 N–H and O–H groups in total. The van der Waals surface area contributed by atoms with Crippen molar-refractivity contribution in [3.05, 3.63) is 35.9 Å². The molecule has 2 heterocycles. The van der Waals surface area contributed by atoms with E-state index in [2.05, 4.69) is 4.98 Å². The van der Waals surface area contributed by atoms with Gasteiger partial charge < -0.3 is 15.1 Å². The van der Waals surface area contributed by atoms with Crippen molar-refractivity contribution in [2.45, 2.75) is 25.3 Å². The van der Waals surface area contributed by atoms with Crippen LogP contribution in [0, 0.1) is 0 Å². The molecule has 1 unspecified atom stereocenters. The maximum Gasteiger partial charge on any atom is 0.336 e. The molecule has 0 bridgehead atoms. The van der Waals surface area contributed by atoms with Gasteiger partial charge in [0.05, 0.1) is 23.7 Å². The van der Waals surface area contributed by atoms with Gasteiger partial charge in [-0.3, -0.25) is 0 Å². The summed E-state index contributed by atoms with van der Waals surface area (Å²) in [6.07, 6.45) is 3.03. The number of aromatic nitrogens is 1. The van der Waals surface area contributed by atoms with Gasteiger partial charge in [-0.25, -0.2) is 9.78 Å². The Morgan fingerprint density at radius 3 is 2.90 bits per heavy atom. The molecule has 1 saturated heterocycles. The van der Waals surface area contributed by atoms with Crippen molar-refractivity contribution in [3.63, 3.8) is 0 Å². The summed E-state index contributed by atoms with van der Waals surface area (Å²) in [7, 11) is 0. The Labute approximate surface area is 122 Å². The number of pyridine rings is 1. The zero-order valence-corrected chi connectivity index (χ0v) is 11.7. The van der Waals surface area contributed by atoms with E-state index in [0.717, 1.165) is 25.8 Å². The van der Waals surface area contributed by atoms with Gasteiger partial charge in [-0.1, -0.05) is 18.2 Å². The molecule has 3 rings (SSSR count). The smallest absolute Gasteiger partial charge is 0.336 e. The predicted octanol–water partition coefficient (Wildman–Crippen LogP) is 2.28. The maximum absolute atomic E-state index is 11.5. The highest BCUT2D eigenvalue weighted by molar-refractivity contribution is 6.03. The van der Waals surface area contributed by atoms with Crippen molar-refractivity contribution in [1.29, 1.82) is 0 Å². The number of anilines is 1. The summed E-state index contributed by atoms with van der Waals surface area (Å²) in [4.78, 5) is 18.1. The number of carbonyl (C=O) groups is 1. The highest BCUT2D eigenvalue weighted by Gasteiger charge is 2.24. The van der Waals surface area contributed by atoms with Crippen molar-refractivity contribution >= 4 is 22.7 Å². The van der Waals surface area contributed by atoms with Crippen LogP contribution in [0.4, 0.5) is 5.82 Å². The minimum Gasteiger partial charge on any atom is -0.478 e. The number of nitrogens with zero attached hydrogens (tertiary/aromatic N) is 2. The zero-order valence-electron chi connectivity index (χ0n) is 11.7. The summed E-state index contributed by atoms with van der Waals surface area (Å²) < 4.78 is 0. The fourth-order valence-corrected chi connectivity index (χ4v) is 2.98. The topological polar surface area (TPSA) is 73.7 Å². The van der Waals surface area contributed by atoms with Crippen molar-refractivity contribution in [2.75, 3.05) is 18.1 Å². The van der Waals surface area contributed by atoms with E-state index in [-0.39, 0.29) is 18.2 Å². The molecule has 0 amide bonds. The molecule has 5 nitrogen and oxygen atoms in total. The minimum absolute atomic E-state index is 0.0223. The van der Waals surface area contributed by atoms with Crippen LogP contribution in [0.5, 0.6) is 0 Å². The van der Waals surface area contributed by atoms with Gasteiger partial charge in [0.15, 0.2) is 0 Å². The number of rotatable bonds is 3. The van der Waals surface area contributed by atoms with Crippen LogP contribution in [0.3, 0.4) is 0 Å². The average Bonchev–Trinajstić information content (AvgIpc) is 2.53. The first-order chi connectivity index (χ1) is 10.2. The van der Waals surface area contributed by atoms with E-state index in [9.17, 15) is 15.0 Å². The lowest BCUT2D eigenvalue weighted by atomic mass is 10.0. The normalized spacial score (nSPS) is 18.9. The minimum atomic E-state index is -0.951. The molecule has 1 aliphatic rings. The molecule has 0 spiro atoms. The van der Waals surface area contributed by atoms with E-state index in [1.165, 1.54) is 0 Å². The standard InChI is InChI=1S/C16H18N2O3/c19-10-11-5-3-4-8-18(11)15-9-13(16(20)21)12-6-1-2-7-14(12)17-15/h1-2,6-7,9,11,19H,3-5,8,10H2,(H,20,21). The second-order valence-electron chi connectivity index (χ2n) is 5.38. The van der Waals surface area contributed by atoms with E-state index in [1.807, 2.05) is 23.1 Å². The van der Waals surface area contributed by atoms with E-state index in [4.69, 9.17) is 0 Å². The van der Waals surface area contributed by atoms with E-state index < -0.39 is 5.97 Å². The third kappa shape index (κ3) is 2.56. The van der Waals surface area contributed by atoms with Crippen LogP contribution in [-0.4, -0.2) is 40.4 Å². The third-order valence-corrected chi connectivity index (χ3v) is 4.07. The lowest BCUT2D eigenvalue weighted by molar-refractivity contribution is 0.0699. The largest absolute Gasteiger partial charge is 0.478 e. The third-order valence-electron chi connectivity index (χ3n) is 4.07. The molecule has 0 aliphatic carbocycles. The fraction of sp³-hybridized carbons (Fsp3) is 0.375. The number of carboxylic acids is 1. The Kier molecular flexibility index (Phi) is 3.75. The number of carboxylic acid groups (broad SMARTS) is 1. The number of hydrogen-bond acceptors (Lipinski definition) is 4. The van der Waals surface area contributed by atoms with Gasteiger partial charge in [-0.2, -0.15) is 0 Å². The summed E-state index contributed by atoms with van der Waals surface area (Å²) in [5, 5.41) is 19.6. The van der Waals surface area contributed by atoms with Gasteiger partial charge in [0.25, 0.3) is 0 Å². The molecule has 1 aliphatic heterocycles. The van der Waals surface area contributed by atoms with Gasteiger partial charge >= 0.3 is 5.97 Å². The average molecular weight is 286 g/mol. The lowest BCUT2D eigenvalue weighted by Crippen LogP contribution is -2.42. The van der Waals surface area contributed by atoms with Crippen molar-refractivity contribution in [2.24, 2.45) is 0 Å². The van der Waals surface area contributed by atoms with Gasteiger partial charge in [-0.15, -0.1) is 0 Å². The second-order valence-corrected chi connectivity index (χ2v) is 5.38. The molecule has 21 heavy (non-hydrogen) atoms. The van der Waals surface area contributed by atoms with Crippen LogP contribution in [0.2, 0.25) is 0 Å². The number of hydrogen-bond donors (Lipinski definition) is 2. The molecular weight excluding hydrogens is 268 g/mol. The van der Waals surface area contributed by atoms with Crippen LogP contribution in [0.15, 0.2) is 30.3 Å². The highest BCUT2D eigenvalue weighted by Crippen LogP contribution is 2.27. The van der Waals surface area contributed by atoms with Gasteiger partial charge in [-0.05, 0) is 31.4 Å². The van der Waals surface area contributed by atoms with Crippen LogP contribution >= 0.6 is 0 Å². The zero-order chi connectivity index (χ0) is 14.8. The summed E-state index contributed by atoms with van der Waals surface area (Å²) in [5.74, 6) is -0.308. The molecule has 0 radical (unpaired) electrons. The summed E-state index contributed by atoms with van der Waals surface area (Å²) in [6.45, 7) is 0.868. The summed E-state index contributed by atoms with van der Waals surface area (Å²) in [6, 6.07) is 8.91. The number of aliphatic hydroxyl groups is 1. The second kappa shape index (κ2) is 5.69. The molecule has 5 heteroatoms. The van der Waals surface area contributed by atoms with Crippen LogP contribution in [0.1, 0.15) is 29.6 Å². The summed E-state index contributed by atoms with van der Waals surface area (Å²) in [5.41, 5.74) is 0.938. The highest BCUT2D eigenvalue weighted by atomic mass is 16.4. The predicted molar refractivity (Wildman–Crippen MR) is 80.8 cm³/mol. The molecule has 1 fully saturated rings. The Balaban J connectivity index is 2.12. The van der Waals surface area contributed by atoms with E-state index in [1.54, 1.807) is 12.1 Å². The number of fused-ring (bicyclic) bond motifs is 1. The SMILES string of the molecule is O=C(O)c1cc(N2CCCCC2CO)nc2ccccc12. The van der Waals surface area contributed by atoms with Gasteiger partial charge in [0.1, 0.15) is 5.82 Å².